The lowest BCUT2D eigenvalue weighted by molar-refractivity contribution is 0.0929. The van der Waals surface area contributed by atoms with Crippen molar-refractivity contribution >= 4 is 0 Å². The van der Waals surface area contributed by atoms with Gasteiger partial charge in [0.2, 0.25) is 0 Å². The van der Waals surface area contributed by atoms with Gasteiger partial charge in [-0.3, -0.25) is 0 Å². The Labute approximate surface area is 174 Å². The Morgan fingerprint density at radius 2 is 1.89 bits per heavy atom. The van der Waals surface area contributed by atoms with E-state index in [1.165, 1.54) is 62.5 Å². The van der Waals surface area contributed by atoms with Crippen molar-refractivity contribution in [3.63, 3.8) is 0 Å². The molecule has 0 saturated heterocycles. The van der Waals surface area contributed by atoms with E-state index in [9.17, 15) is 5.11 Å². The summed E-state index contributed by atoms with van der Waals surface area (Å²) in [5.74, 6) is 3.37. The van der Waals surface area contributed by atoms with Gasteiger partial charge in [-0.2, -0.15) is 0 Å². The Morgan fingerprint density at radius 3 is 2.64 bits per heavy atom. The van der Waals surface area contributed by atoms with Gasteiger partial charge in [-0.05, 0) is 86.0 Å². The van der Waals surface area contributed by atoms with E-state index in [0.717, 1.165) is 42.9 Å². The molecule has 3 aliphatic rings. The fraction of sp³-hybridized carbons (Fsp3) is 0.778. The van der Waals surface area contributed by atoms with Gasteiger partial charge in [-0.25, -0.2) is 0 Å². The molecule has 3 saturated carbocycles. The Balaban J connectivity index is 1.70. The summed E-state index contributed by atoms with van der Waals surface area (Å²) in [6, 6.07) is 0. The van der Waals surface area contributed by atoms with Crippen LogP contribution in [0.25, 0.3) is 0 Å². The van der Waals surface area contributed by atoms with E-state index in [1.54, 1.807) is 5.57 Å². The van der Waals surface area contributed by atoms with Crippen LogP contribution in [-0.2, 0) is 0 Å². The molecular weight excluding hydrogens is 342 g/mol. The van der Waals surface area contributed by atoms with Crippen molar-refractivity contribution < 1.29 is 5.11 Å². The Morgan fingerprint density at radius 1 is 1.11 bits per heavy atom. The maximum absolute atomic E-state index is 10.0. The zero-order chi connectivity index (χ0) is 20.3. The van der Waals surface area contributed by atoms with E-state index in [4.69, 9.17) is 0 Å². The number of allylic oxidation sites excluding steroid dienone is 4. The highest BCUT2D eigenvalue weighted by molar-refractivity contribution is 5.36. The Kier molecular flexibility index (Phi) is 7.29. The summed E-state index contributed by atoms with van der Waals surface area (Å²) in [6.45, 7) is 14.1. The molecule has 1 nitrogen and oxygen atoms in total. The minimum atomic E-state index is -0.172. The molecule has 1 heteroatoms. The number of fused-ring (bicyclic) bond motifs is 1. The second kappa shape index (κ2) is 9.33. The molecule has 0 spiro atoms. The highest BCUT2D eigenvalue weighted by Gasteiger charge is 2.50. The summed E-state index contributed by atoms with van der Waals surface area (Å²) in [7, 11) is 0. The fourth-order valence-electron chi connectivity index (χ4n) is 6.66. The van der Waals surface area contributed by atoms with Crippen LogP contribution in [0.1, 0.15) is 98.3 Å². The van der Waals surface area contributed by atoms with Crippen LogP contribution in [0, 0.1) is 29.1 Å². The molecule has 0 unspecified atom stereocenters. The second-order valence-electron chi connectivity index (χ2n) is 10.8. The monoisotopic (exact) mass is 386 g/mol. The molecule has 5 atom stereocenters. The number of aliphatic hydroxyl groups excluding tert-OH is 1. The first kappa shape index (κ1) is 21.9. The predicted octanol–water partition coefficient (Wildman–Crippen LogP) is 7.62. The Bertz CT molecular complexity index is 610. The Hall–Kier alpha value is -0.820. The van der Waals surface area contributed by atoms with Crippen molar-refractivity contribution in [2.45, 2.75) is 104 Å². The molecule has 0 radical (unpaired) electrons. The van der Waals surface area contributed by atoms with Gasteiger partial charge in [0.25, 0.3) is 0 Å². The van der Waals surface area contributed by atoms with Gasteiger partial charge in [0.1, 0.15) is 0 Å². The standard InChI is InChI=1S/C27H44O/c1-19(2)8-6-9-21(4)25-15-16-26-22(10-7-17-27(25,26)5)12-13-23-18-24(28)14-11-20(23)3/h12-13,19,21,24-26,28H,3,6-11,14-18H2,1-2,4-5H3/b22-12+,23-13-/t21-,24+,25-,26+,27-/m1/s1/i3+1,10+1. The molecule has 0 aliphatic heterocycles. The van der Waals surface area contributed by atoms with Crippen molar-refractivity contribution in [3.8, 4) is 0 Å². The molecular formula is C27H44O. The average molecular weight is 387 g/mol. The fourth-order valence-corrected chi connectivity index (χ4v) is 6.66. The van der Waals surface area contributed by atoms with E-state index < -0.39 is 0 Å². The first-order valence-electron chi connectivity index (χ1n) is 12.1. The molecule has 0 amide bonds. The summed E-state index contributed by atoms with van der Waals surface area (Å²) in [6.07, 6.45) is 18.2. The first-order valence-corrected chi connectivity index (χ1v) is 12.1. The number of rotatable bonds is 6. The average Bonchev–Trinajstić information content (AvgIpc) is 2.99. The quantitative estimate of drug-likeness (QED) is 0.465. The number of hydrogen-bond donors (Lipinski definition) is 1. The summed E-state index contributed by atoms with van der Waals surface area (Å²) < 4.78 is 0. The minimum Gasteiger partial charge on any atom is -0.393 e. The zero-order valence-corrected chi connectivity index (χ0v) is 19.0. The van der Waals surface area contributed by atoms with E-state index in [1.807, 2.05) is 0 Å². The minimum absolute atomic E-state index is 0.172. The lowest BCUT2D eigenvalue weighted by Gasteiger charge is -2.44. The third-order valence-electron chi connectivity index (χ3n) is 8.35. The second-order valence-corrected chi connectivity index (χ2v) is 10.8. The molecule has 3 aliphatic carbocycles. The van der Waals surface area contributed by atoms with Gasteiger partial charge in [0.15, 0.2) is 0 Å². The van der Waals surface area contributed by atoms with Crippen LogP contribution < -0.4 is 0 Å². The lowest BCUT2D eigenvalue weighted by Crippen LogP contribution is -2.36. The molecule has 0 aromatic carbocycles. The van der Waals surface area contributed by atoms with Crippen LogP contribution >= 0.6 is 0 Å². The number of aliphatic hydroxyl groups is 1. The molecule has 3 fully saturated rings. The van der Waals surface area contributed by atoms with Gasteiger partial charge < -0.3 is 5.11 Å². The van der Waals surface area contributed by atoms with Crippen LogP contribution in [0.2, 0.25) is 0 Å². The van der Waals surface area contributed by atoms with E-state index in [-0.39, 0.29) is 6.10 Å². The van der Waals surface area contributed by atoms with Crippen LogP contribution in [0.3, 0.4) is 0 Å². The topological polar surface area (TPSA) is 20.2 Å². The normalized spacial score (nSPS) is 37.6. The first-order chi connectivity index (χ1) is 13.3. The van der Waals surface area contributed by atoms with Gasteiger partial charge in [0, 0.05) is 0 Å². The SMILES string of the molecule is CC(C)CCC[C@@H](C)[C@H]1CC[C@H]2/C(=C/C=C3/C[C@@H](O)CCC3=[13CH2])[13CH2]CC[C@]12C. The maximum Gasteiger partial charge on any atom is 0.0583 e. The summed E-state index contributed by atoms with van der Waals surface area (Å²) >= 11 is 0. The van der Waals surface area contributed by atoms with Crippen molar-refractivity contribution in [1.29, 1.82) is 0 Å². The number of hydrogen-bond acceptors (Lipinski definition) is 1. The van der Waals surface area contributed by atoms with Gasteiger partial charge >= 0.3 is 0 Å². The third-order valence-corrected chi connectivity index (χ3v) is 8.35. The van der Waals surface area contributed by atoms with Crippen LogP contribution in [-0.4, -0.2) is 11.2 Å². The molecule has 0 heterocycles. The van der Waals surface area contributed by atoms with Crippen molar-refractivity contribution in [3.05, 3.63) is 35.5 Å². The molecule has 0 aromatic heterocycles. The van der Waals surface area contributed by atoms with Crippen molar-refractivity contribution in [2.75, 3.05) is 0 Å². The maximum atomic E-state index is 10.0. The van der Waals surface area contributed by atoms with E-state index in [0.29, 0.717) is 5.41 Å². The van der Waals surface area contributed by atoms with Gasteiger partial charge in [-0.1, -0.05) is 76.8 Å². The highest BCUT2D eigenvalue weighted by Crippen LogP contribution is 2.59. The zero-order valence-electron chi connectivity index (χ0n) is 19.0. The predicted molar refractivity (Wildman–Crippen MR) is 121 cm³/mol. The lowest BCUT2D eigenvalue weighted by atomic mass is 9.63. The molecule has 0 aromatic rings. The molecule has 158 valence electrons. The van der Waals surface area contributed by atoms with E-state index >= 15 is 0 Å². The highest BCUT2D eigenvalue weighted by atomic mass is 16.3. The summed E-state index contributed by atoms with van der Waals surface area (Å²) in [4.78, 5) is 0. The summed E-state index contributed by atoms with van der Waals surface area (Å²) in [5, 5.41) is 10.0. The molecule has 28 heavy (non-hydrogen) atoms. The molecule has 1 N–H and O–H groups in total. The third kappa shape index (κ3) is 4.84. The van der Waals surface area contributed by atoms with Gasteiger partial charge in [0.05, 0.1) is 6.10 Å². The van der Waals surface area contributed by atoms with Crippen molar-refractivity contribution in [2.24, 2.45) is 29.1 Å². The van der Waals surface area contributed by atoms with Gasteiger partial charge in [-0.15, -0.1) is 0 Å². The largest absolute Gasteiger partial charge is 0.393 e. The van der Waals surface area contributed by atoms with Crippen LogP contribution in [0.4, 0.5) is 0 Å². The van der Waals surface area contributed by atoms with Crippen LogP contribution in [0.5, 0.6) is 0 Å². The summed E-state index contributed by atoms with van der Waals surface area (Å²) in [5.41, 5.74) is 4.72. The van der Waals surface area contributed by atoms with Crippen LogP contribution in [0.15, 0.2) is 35.5 Å². The van der Waals surface area contributed by atoms with Crippen molar-refractivity contribution in [1.82, 2.24) is 0 Å². The molecule has 3 rings (SSSR count). The smallest absolute Gasteiger partial charge is 0.0583 e. The van der Waals surface area contributed by atoms with E-state index in [2.05, 4.69) is 46.4 Å². The molecule has 0 bridgehead atoms.